The molecule has 0 spiro atoms. The van der Waals surface area contributed by atoms with Crippen molar-refractivity contribution in [1.29, 1.82) is 0 Å². The van der Waals surface area contributed by atoms with E-state index >= 15 is 0 Å². The smallest absolute Gasteiger partial charge is 0.257 e. The average molecular weight is 474 g/mol. The van der Waals surface area contributed by atoms with Crippen molar-refractivity contribution >= 4 is 17.2 Å². The van der Waals surface area contributed by atoms with Crippen LogP contribution in [0.15, 0.2) is 65.2 Å². The van der Waals surface area contributed by atoms with E-state index in [1.54, 1.807) is 11.3 Å². The molecule has 1 aliphatic rings. The van der Waals surface area contributed by atoms with Crippen molar-refractivity contribution < 1.29 is 9.32 Å². The molecule has 0 bridgehead atoms. The van der Waals surface area contributed by atoms with E-state index < -0.39 is 0 Å². The molecule has 0 aliphatic carbocycles. The Bertz CT molecular complexity index is 1240. The molecule has 2 aromatic carbocycles. The van der Waals surface area contributed by atoms with Crippen molar-refractivity contribution in [2.45, 2.75) is 26.3 Å². The predicted octanol–water partition coefficient (Wildman–Crippen LogP) is 4.45. The van der Waals surface area contributed by atoms with Crippen LogP contribution in [0, 0.1) is 6.92 Å². The van der Waals surface area contributed by atoms with E-state index in [1.165, 1.54) is 0 Å². The number of aryl methyl sites for hydroxylation is 1. The van der Waals surface area contributed by atoms with Crippen molar-refractivity contribution in [2.75, 3.05) is 26.2 Å². The summed E-state index contributed by atoms with van der Waals surface area (Å²) in [5, 5.41) is 5.12. The second kappa shape index (κ2) is 10.3. The fourth-order valence-corrected chi connectivity index (χ4v) is 5.08. The topological polar surface area (TPSA) is 75.4 Å². The Hall–Kier alpha value is -3.36. The van der Waals surface area contributed by atoms with Gasteiger partial charge in [0.15, 0.2) is 5.82 Å². The first-order chi connectivity index (χ1) is 16.7. The van der Waals surface area contributed by atoms with Crippen LogP contribution in [0.4, 0.5) is 0 Å². The van der Waals surface area contributed by atoms with Gasteiger partial charge < -0.3 is 9.42 Å². The van der Waals surface area contributed by atoms with E-state index in [2.05, 4.69) is 27.2 Å². The van der Waals surface area contributed by atoms with E-state index in [0.29, 0.717) is 31.2 Å². The van der Waals surface area contributed by atoms with Crippen LogP contribution in [0.1, 0.15) is 22.8 Å². The number of rotatable bonds is 6. The quantitative estimate of drug-likeness (QED) is 0.412. The van der Waals surface area contributed by atoms with Crippen molar-refractivity contribution in [1.82, 2.24) is 24.9 Å². The highest BCUT2D eigenvalue weighted by Crippen LogP contribution is 2.28. The summed E-state index contributed by atoms with van der Waals surface area (Å²) in [7, 11) is 0. The molecule has 3 heterocycles. The number of carbonyl (C=O) groups is 1. The Balaban J connectivity index is 1.17. The summed E-state index contributed by atoms with van der Waals surface area (Å²) in [6, 6.07) is 19.9. The molecule has 0 N–H and O–H groups in total. The van der Waals surface area contributed by atoms with E-state index in [-0.39, 0.29) is 5.91 Å². The molecule has 0 radical (unpaired) electrons. The summed E-state index contributed by atoms with van der Waals surface area (Å²) in [5.74, 6) is 1.35. The first-order valence-electron chi connectivity index (χ1n) is 11.6. The highest BCUT2D eigenvalue weighted by molar-refractivity contribution is 7.15. The lowest BCUT2D eigenvalue weighted by molar-refractivity contribution is -0.130. The largest absolute Gasteiger partial charge is 0.341 e. The van der Waals surface area contributed by atoms with E-state index in [4.69, 9.17) is 9.51 Å². The summed E-state index contributed by atoms with van der Waals surface area (Å²) >= 11 is 1.65. The Kier molecular flexibility index (Phi) is 6.78. The molecule has 1 saturated heterocycles. The Morgan fingerprint density at radius 1 is 0.941 bits per heavy atom. The monoisotopic (exact) mass is 473 g/mol. The second-order valence-electron chi connectivity index (χ2n) is 8.46. The second-order valence-corrected chi connectivity index (χ2v) is 9.66. The maximum Gasteiger partial charge on any atom is 0.257 e. The number of benzene rings is 2. The van der Waals surface area contributed by atoms with Crippen molar-refractivity contribution in [3.05, 3.63) is 77.1 Å². The van der Waals surface area contributed by atoms with Crippen molar-refractivity contribution in [3.8, 4) is 22.0 Å². The van der Waals surface area contributed by atoms with Gasteiger partial charge in [0.1, 0.15) is 5.01 Å². The molecule has 8 heteroatoms. The molecule has 0 unspecified atom stereocenters. The van der Waals surface area contributed by atoms with Gasteiger partial charge in [-0.3, -0.25) is 9.69 Å². The van der Waals surface area contributed by atoms with Crippen LogP contribution >= 0.6 is 11.3 Å². The molecular weight excluding hydrogens is 446 g/mol. The Labute approximate surface area is 203 Å². The summed E-state index contributed by atoms with van der Waals surface area (Å²) in [4.78, 5) is 27.7. The number of thiazole rings is 1. The molecule has 0 saturated carbocycles. The molecule has 2 aromatic heterocycles. The lowest BCUT2D eigenvalue weighted by Gasteiger charge is -2.21. The zero-order chi connectivity index (χ0) is 23.3. The van der Waals surface area contributed by atoms with Gasteiger partial charge in [0, 0.05) is 42.2 Å². The Morgan fingerprint density at radius 2 is 1.68 bits per heavy atom. The van der Waals surface area contributed by atoms with Gasteiger partial charge in [0.2, 0.25) is 5.91 Å². The average Bonchev–Trinajstić information content (AvgIpc) is 3.40. The summed E-state index contributed by atoms with van der Waals surface area (Å²) in [6.45, 7) is 5.79. The van der Waals surface area contributed by atoms with Crippen LogP contribution in [0.25, 0.3) is 22.0 Å². The summed E-state index contributed by atoms with van der Waals surface area (Å²) in [6.07, 6.45) is 1.26. The van der Waals surface area contributed by atoms with Gasteiger partial charge in [-0.1, -0.05) is 53.7 Å². The number of carbonyl (C=O) groups excluding carboxylic acids is 1. The van der Waals surface area contributed by atoms with Crippen LogP contribution in [0.3, 0.4) is 0 Å². The number of hydrogen-bond donors (Lipinski definition) is 0. The first kappa shape index (κ1) is 22.4. The minimum atomic E-state index is 0.140. The van der Waals surface area contributed by atoms with Crippen LogP contribution in [-0.2, 0) is 17.8 Å². The SMILES string of the molecule is Cc1sc(-c2ccccc2)nc1CC(=O)N1CCCN(Cc2noc(-c3ccccc3)n2)CC1. The highest BCUT2D eigenvalue weighted by Gasteiger charge is 2.22. The number of hydrogen-bond acceptors (Lipinski definition) is 7. The predicted molar refractivity (Wildman–Crippen MR) is 132 cm³/mol. The third-order valence-corrected chi connectivity index (χ3v) is 7.09. The lowest BCUT2D eigenvalue weighted by atomic mass is 10.2. The van der Waals surface area contributed by atoms with Gasteiger partial charge in [-0.15, -0.1) is 11.3 Å². The van der Waals surface area contributed by atoms with E-state index in [1.807, 2.05) is 60.4 Å². The van der Waals surface area contributed by atoms with Gasteiger partial charge in [-0.05, 0) is 25.5 Å². The highest BCUT2D eigenvalue weighted by atomic mass is 32.1. The minimum Gasteiger partial charge on any atom is -0.341 e. The van der Waals surface area contributed by atoms with Crippen LogP contribution in [0.5, 0.6) is 0 Å². The number of nitrogens with zero attached hydrogens (tertiary/aromatic N) is 5. The van der Waals surface area contributed by atoms with Gasteiger partial charge in [-0.2, -0.15) is 4.98 Å². The maximum atomic E-state index is 13.1. The summed E-state index contributed by atoms with van der Waals surface area (Å²) in [5.41, 5.74) is 2.90. The van der Waals surface area contributed by atoms with Gasteiger partial charge >= 0.3 is 0 Å². The third-order valence-electron chi connectivity index (χ3n) is 6.03. The van der Waals surface area contributed by atoms with E-state index in [0.717, 1.165) is 52.8 Å². The first-order valence-corrected chi connectivity index (χ1v) is 12.4. The molecule has 34 heavy (non-hydrogen) atoms. The van der Waals surface area contributed by atoms with Crippen LogP contribution in [-0.4, -0.2) is 57.0 Å². The molecule has 1 aliphatic heterocycles. The number of amides is 1. The van der Waals surface area contributed by atoms with E-state index in [9.17, 15) is 4.79 Å². The Morgan fingerprint density at radius 3 is 2.44 bits per heavy atom. The molecule has 7 nitrogen and oxygen atoms in total. The van der Waals surface area contributed by atoms with Crippen molar-refractivity contribution in [2.24, 2.45) is 0 Å². The number of aromatic nitrogens is 3. The van der Waals surface area contributed by atoms with Crippen molar-refractivity contribution in [3.63, 3.8) is 0 Å². The summed E-state index contributed by atoms with van der Waals surface area (Å²) < 4.78 is 5.44. The molecule has 1 amide bonds. The molecule has 4 aromatic rings. The minimum absolute atomic E-state index is 0.140. The zero-order valence-corrected chi connectivity index (χ0v) is 20.0. The van der Waals surface area contributed by atoms with Gasteiger partial charge in [-0.25, -0.2) is 4.98 Å². The standard InChI is InChI=1S/C26H27N5O2S/c1-19-22(27-26(34-19)21-11-6-3-7-12-21)17-24(32)31-14-8-13-30(15-16-31)18-23-28-25(33-29-23)20-9-4-2-5-10-20/h2-7,9-12H,8,13-18H2,1H3. The maximum absolute atomic E-state index is 13.1. The fourth-order valence-electron chi connectivity index (χ4n) is 4.15. The van der Waals surface area contributed by atoms with Crippen LogP contribution < -0.4 is 0 Å². The molecule has 174 valence electrons. The van der Waals surface area contributed by atoms with Gasteiger partial charge in [0.25, 0.3) is 5.89 Å². The lowest BCUT2D eigenvalue weighted by Crippen LogP contribution is -2.36. The third kappa shape index (κ3) is 5.24. The van der Waals surface area contributed by atoms with Crippen LogP contribution in [0.2, 0.25) is 0 Å². The molecule has 5 rings (SSSR count). The molecular formula is C26H27N5O2S. The molecule has 0 atom stereocenters. The fraction of sp³-hybridized carbons (Fsp3) is 0.308. The normalized spacial score (nSPS) is 14.8. The molecule has 1 fully saturated rings. The van der Waals surface area contributed by atoms with Gasteiger partial charge in [0.05, 0.1) is 18.7 Å². The zero-order valence-electron chi connectivity index (χ0n) is 19.2.